The van der Waals surface area contributed by atoms with Gasteiger partial charge in [-0.15, -0.1) is 0 Å². The van der Waals surface area contributed by atoms with Crippen LogP contribution in [0.5, 0.6) is 0 Å². The highest BCUT2D eigenvalue weighted by Gasteiger charge is 2.35. The van der Waals surface area contributed by atoms with Gasteiger partial charge in [0.25, 0.3) is 0 Å². The fourth-order valence-electron chi connectivity index (χ4n) is 3.13. The Bertz CT molecular complexity index is 909. The van der Waals surface area contributed by atoms with E-state index in [4.69, 9.17) is 0 Å². The summed E-state index contributed by atoms with van der Waals surface area (Å²) in [6.07, 6.45) is 5.89. The third kappa shape index (κ3) is 3.33. The highest BCUT2D eigenvalue weighted by molar-refractivity contribution is 5.89. The first-order valence-corrected chi connectivity index (χ1v) is 8.76. The van der Waals surface area contributed by atoms with Crippen molar-refractivity contribution in [2.75, 3.05) is 5.32 Å². The summed E-state index contributed by atoms with van der Waals surface area (Å²) >= 11 is 0. The molecule has 1 aliphatic carbocycles. The van der Waals surface area contributed by atoms with E-state index in [1.807, 2.05) is 61.3 Å². The van der Waals surface area contributed by atoms with E-state index in [1.165, 1.54) is 0 Å². The number of anilines is 1. The van der Waals surface area contributed by atoms with Crippen LogP contribution in [0.3, 0.4) is 0 Å². The first-order valence-electron chi connectivity index (χ1n) is 8.76. The van der Waals surface area contributed by atoms with Crippen molar-refractivity contribution in [1.82, 2.24) is 24.6 Å². The Morgan fingerprint density at radius 2 is 2.00 bits per heavy atom. The molecule has 0 aliphatic heterocycles. The number of carbonyl (C=O) groups excluding carboxylic acids is 1. The van der Waals surface area contributed by atoms with Crippen LogP contribution in [0.4, 0.5) is 10.6 Å². The van der Waals surface area contributed by atoms with Gasteiger partial charge in [0.15, 0.2) is 0 Å². The van der Waals surface area contributed by atoms with Gasteiger partial charge in [-0.25, -0.2) is 9.78 Å². The van der Waals surface area contributed by atoms with Crippen LogP contribution >= 0.6 is 0 Å². The van der Waals surface area contributed by atoms with Crippen LogP contribution in [0.2, 0.25) is 0 Å². The van der Waals surface area contributed by atoms with Crippen LogP contribution in [0.25, 0.3) is 11.3 Å². The normalized spacial score (nSPS) is 14.8. The SMILES string of the molecule is Cn1ccnc1[C@@H](NC(=O)Nc1cc(-c2ccccc2)nn1C)C1CC1. The monoisotopic (exact) mass is 350 g/mol. The van der Waals surface area contributed by atoms with Gasteiger partial charge in [0.1, 0.15) is 11.6 Å². The maximum Gasteiger partial charge on any atom is 0.320 e. The summed E-state index contributed by atoms with van der Waals surface area (Å²) < 4.78 is 3.63. The fraction of sp³-hybridized carbons (Fsp3) is 0.316. The molecule has 0 spiro atoms. The zero-order valence-corrected chi connectivity index (χ0v) is 14.9. The van der Waals surface area contributed by atoms with Crippen molar-refractivity contribution in [3.05, 3.63) is 54.6 Å². The summed E-state index contributed by atoms with van der Waals surface area (Å²) in [5.41, 5.74) is 1.84. The van der Waals surface area contributed by atoms with E-state index >= 15 is 0 Å². The number of carbonyl (C=O) groups is 1. The van der Waals surface area contributed by atoms with Gasteiger partial charge in [0.2, 0.25) is 0 Å². The Balaban J connectivity index is 1.48. The van der Waals surface area contributed by atoms with Gasteiger partial charge in [0.05, 0.1) is 11.7 Å². The van der Waals surface area contributed by atoms with Crippen LogP contribution in [0, 0.1) is 5.92 Å². The van der Waals surface area contributed by atoms with Crippen molar-refractivity contribution in [2.24, 2.45) is 20.0 Å². The van der Waals surface area contributed by atoms with Gasteiger partial charge < -0.3 is 9.88 Å². The number of benzene rings is 1. The van der Waals surface area contributed by atoms with Crippen molar-refractivity contribution >= 4 is 11.8 Å². The lowest BCUT2D eigenvalue weighted by atomic mass is 10.1. The molecule has 1 aromatic carbocycles. The van der Waals surface area contributed by atoms with E-state index in [-0.39, 0.29) is 12.1 Å². The molecule has 0 radical (unpaired) electrons. The molecule has 4 rings (SSSR count). The summed E-state index contributed by atoms with van der Waals surface area (Å²) in [5.74, 6) is 1.99. The van der Waals surface area contributed by atoms with Gasteiger partial charge in [-0.1, -0.05) is 30.3 Å². The average Bonchev–Trinajstić information content (AvgIpc) is 3.30. The predicted octanol–water partition coefficient (Wildman–Crippen LogP) is 3.09. The molecule has 0 unspecified atom stereocenters. The molecule has 7 nitrogen and oxygen atoms in total. The Kier molecular flexibility index (Phi) is 4.20. The minimum atomic E-state index is -0.243. The number of nitrogens with zero attached hydrogens (tertiary/aromatic N) is 4. The molecule has 0 bridgehead atoms. The van der Waals surface area contributed by atoms with E-state index in [0.717, 1.165) is 29.9 Å². The summed E-state index contributed by atoms with van der Waals surface area (Å²) in [5, 5.41) is 10.5. The number of nitrogens with one attached hydrogen (secondary N) is 2. The summed E-state index contributed by atoms with van der Waals surface area (Å²) in [6.45, 7) is 0. The van der Waals surface area contributed by atoms with Crippen LogP contribution < -0.4 is 10.6 Å². The van der Waals surface area contributed by atoms with E-state index in [0.29, 0.717) is 11.7 Å². The van der Waals surface area contributed by atoms with Crippen LogP contribution in [0.15, 0.2) is 48.8 Å². The van der Waals surface area contributed by atoms with Crippen molar-refractivity contribution in [2.45, 2.75) is 18.9 Å². The quantitative estimate of drug-likeness (QED) is 0.742. The van der Waals surface area contributed by atoms with E-state index in [1.54, 1.807) is 10.9 Å². The summed E-state index contributed by atoms with van der Waals surface area (Å²) in [6, 6.07) is 11.5. The standard InChI is InChI=1S/C19H22N6O/c1-24-11-10-20-18(24)17(14-8-9-14)22-19(26)21-16-12-15(23-25(16)2)13-6-4-3-5-7-13/h3-7,10-12,14,17H,8-9H2,1-2H3,(H2,21,22,26)/t17-/m0/s1. The minimum absolute atomic E-state index is 0.0724. The molecular weight excluding hydrogens is 328 g/mol. The molecule has 1 fully saturated rings. The Morgan fingerprint density at radius 3 is 2.65 bits per heavy atom. The van der Waals surface area contributed by atoms with Gasteiger partial charge in [-0.3, -0.25) is 10.00 Å². The minimum Gasteiger partial charge on any atom is -0.336 e. The number of hydrogen-bond acceptors (Lipinski definition) is 3. The maximum absolute atomic E-state index is 12.6. The number of aromatic nitrogens is 4. The maximum atomic E-state index is 12.6. The van der Waals surface area contributed by atoms with Crippen LogP contribution in [0.1, 0.15) is 24.7 Å². The van der Waals surface area contributed by atoms with E-state index in [9.17, 15) is 4.79 Å². The highest BCUT2D eigenvalue weighted by Crippen LogP contribution is 2.40. The molecule has 1 saturated carbocycles. The molecule has 2 amide bonds. The van der Waals surface area contributed by atoms with Crippen LogP contribution in [-0.4, -0.2) is 25.4 Å². The third-order valence-electron chi connectivity index (χ3n) is 4.71. The predicted molar refractivity (Wildman–Crippen MR) is 99.5 cm³/mol. The largest absolute Gasteiger partial charge is 0.336 e. The lowest BCUT2D eigenvalue weighted by Gasteiger charge is -2.18. The molecule has 134 valence electrons. The van der Waals surface area contributed by atoms with E-state index < -0.39 is 0 Å². The summed E-state index contributed by atoms with van der Waals surface area (Å²) in [7, 11) is 3.77. The average molecular weight is 350 g/mol. The highest BCUT2D eigenvalue weighted by atomic mass is 16.2. The molecule has 0 saturated heterocycles. The molecule has 1 atom stereocenters. The number of imidazole rings is 1. The molecule has 2 N–H and O–H groups in total. The lowest BCUT2D eigenvalue weighted by Crippen LogP contribution is -2.35. The number of rotatable bonds is 5. The molecule has 7 heteroatoms. The smallest absolute Gasteiger partial charge is 0.320 e. The number of hydrogen-bond donors (Lipinski definition) is 2. The second kappa shape index (κ2) is 6.67. The Labute approximate surface area is 152 Å². The molecule has 26 heavy (non-hydrogen) atoms. The molecular formula is C19H22N6O. The molecule has 3 aromatic rings. The van der Waals surface area contributed by atoms with Gasteiger partial charge in [-0.05, 0) is 18.8 Å². The third-order valence-corrected chi connectivity index (χ3v) is 4.71. The van der Waals surface area contributed by atoms with Gasteiger partial charge in [0, 0.05) is 38.1 Å². The Morgan fingerprint density at radius 1 is 1.23 bits per heavy atom. The van der Waals surface area contributed by atoms with Crippen molar-refractivity contribution < 1.29 is 4.79 Å². The second-order valence-electron chi connectivity index (χ2n) is 6.71. The van der Waals surface area contributed by atoms with Crippen molar-refractivity contribution in [3.8, 4) is 11.3 Å². The second-order valence-corrected chi connectivity index (χ2v) is 6.71. The van der Waals surface area contributed by atoms with Gasteiger partial charge in [-0.2, -0.15) is 5.10 Å². The van der Waals surface area contributed by atoms with Crippen molar-refractivity contribution in [1.29, 1.82) is 0 Å². The zero-order chi connectivity index (χ0) is 18.1. The molecule has 2 aromatic heterocycles. The number of amides is 2. The van der Waals surface area contributed by atoms with Gasteiger partial charge >= 0.3 is 6.03 Å². The lowest BCUT2D eigenvalue weighted by molar-refractivity contribution is 0.246. The summed E-state index contributed by atoms with van der Waals surface area (Å²) in [4.78, 5) is 17.0. The number of aryl methyl sites for hydroxylation is 2. The fourth-order valence-corrected chi connectivity index (χ4v) is 3.13. The molecule has 1 aliphatic rings. The number of urea groups is 1. The topological polar surface area (TPSA) is 76.8 Å². The zero-order valence-electron chi connectivity index (χ0n) is 14.9. The Hall–Kier alpha value is -3.09. The van der Waals surface area contributed by atoms with Crippen molar-refractivity contribution in [3.63, 3.8) is 0 Å². The first kappa shape index (κ1) is 16.4. The first-order chi connectivity index (χ1) is 12.6. The van der Waals surface area contributed by atoms with E-state index in [2.05, 4.69) is 20.7 Å². The van der Waals surface area contributed by atoms with Crippen LogP contribution in [-0.2, 0) is 14.1 Å². The molecule has 2 heterocycles.